The van der Waals surface area contributed by atoms with Gasteiger partial charge in [0.1, 0.15) is 5.15 Å². The fourth-order valence-corrected chi connectivity index (χ4v) is 1.44. The van der Waals surface area contributed by atoms with Gasteiger partial charge in [-0.15, -0.1) is 0 Å². The Hall–Kier alpha value is -1.20. The van der Waals surface area contributed by atoms with Crippen molar-refractivity contribution in [1.82, 2.24) is 9.97 Å². The van der Waals surface area contributed by atoms with E-state index in [9.17, 15) is 4.79 Å². The van der Waals surface area contributed by atoms with Gasteiger partial charge in [0.15, 0.2) is 0 Å². The zero-order chi connectivity index (χ0) is 12.1. The number of hydrogen-bond acceptors (Lipinski definition) is 4. The van der Waals surface area contributed by atoms with Crippen molar-refractivity contribution < 1.29 is 4.79 Å². The number of halogens is 1. The maximum atomic E-state index is 11.6. The summed E-state index contributed by atoms with van der Waals surface area (Å²) in [5.74, 6) is -0.0705. The van der Waals surface area contributed by atoms with Crippen LogP contribution in [-0.4, -0.2) is 22.4 Å². The first kappa shape index (κ1) is 12.9. The summed E-state index contributed by atoms with van der Waals surface area (Å²) in [5.41, 5.74) is 6.09. The Bertz CT molecular complexity index is 363. The van der Waals surface area contributed by atoms with Crippen molar-refractivity contribution in [3.63, 3.8) is 0 Å². The summed E-state index contributed by atoms with van der Waals surface area (Å²) in [6.45, 7) is 4.07. The van der Waals surface area contributed by atoms with E-state index < -0.39 is 0 Å². The van der Waals surface area contributed by atoms with Gasteiger partial charge < -0.3 is 5.73 Å². The molecule has 0 saturated carbocycles. The molecule has 1 heterocycles. The summed E-state index contributed by atoms with van der Waals surface area (Å²) in [6.07, 6.45) is 0.630. The van der Waals surface area contributed by atoms with Crippen molar-refractivity contribution in [2.45, 2.75) is 20.3 Å². The summed E-state index contributed by atoms with van der Waals surface area (Å²) >= 11 is 5.75. The standard InChI is InChI=1S/C10H15ClN4O/c1-6(3-4-12)9(16)15-10-13-7(2)5-8(11)14-10/h5-6H,3-4,12H2,1-2H3,(H,13,14,15,16). The van der Waals surface area contributed by atoms with Gasteiger partial charge in [-0.25, -0.2) is 9.97 Å². The topological polar surface area (TPSA) is 80.9 Å². The van der Waals surface area contributed by atoms with Crippen LogP contribution in [-0.2, 0) is 4.79 Å². The molecular weight excluding hydrogens is 228 g/mol. The number of carbonyl (C=O) groups excluding carboxylic acids is 1. The lowest BCUT2D eigenvalue weighted by Gasteiger charge is -2.10. The third-order valence-corrected chi connectivity index (χ3v) is 2.30. The first-order chi connectivity index (χ1) is 7.52. The van der Waals surface area contributed by atoms with E-state index >= 15 is 0 Å². The highest BCUT2D eigenvalue weighted by atomic mass is 35.5. The van der Waals surface area contributed by atoms with Gasteiger partial charge in [-0.1, -0.05) is 18.5 Å². The Morgan fingerprint density at radius 3 is 2.88 bits per heavy atom. The molecular formula is C10H15ClN4O. The van der Waals surface area contributed by atoms with E-state index in [1.165, 1.54) is 0 Å². The number of aryl methyl sites for hydroxylation is 1. The molecule has 0 spiro atoms. The van der Waals surface area contributed by atoms with Crippen molar-refractivity contribution >= 4 is 23.5 Å². The van der Waals surface area contributed by atoms with Crippen LogP contribution in [0.25, 0.3) is 0 Å². The Labute approximate surface area is 99.4 Å². The fourth-order valence-electron chi connectivity index (χ4n) is 1.20. The second-order valence-electron chi connectivity index (χ2n) is 3.62. The van der Waals surface area contributed by atoms with Crippen LogP contribution >= 0.6 is 11.6 Å². The molecule has 5 nitrogen and oxygen atoms in total. The van der Waals surface area contributed by atoms with E-state index in [1.54, 1.807) is 19.9 Å². The Morgan fingerprint density at radius 1 is 1.62 bits per heavy atom. The molecule has 16 heavy (non-hydrogen) atoms. The maximum Gasteiger partial charge on any atom is 0.231 e. The normalized spacial score (nSPS) is 12.2. The smallest absolute Gasteiger partial charge is 0.231 e. The molecule has 1 rings (SSSR count). The molecule has 0 aliphatic rings. The lowest BCUT2D eigenvalue weighted by Crippen LogP contribution is -2.23. The number of nitrogens with one attached hydrogen (secondary N) is 1. The number of amides is 1. The molecule has 0 aromatic carbocycles. The van der Waals surface area contributed by atoms with Gasteiger partial charge in [0.25, 0.3) is 0 Å². The minimum absolute atomic E-state index is 0.146. The number of hydrogen-bond donors (Lipinski definition) is 2. The third-order valence-electron chi connectivity index (χ3n) is 2.11. The highest BCUT2D eigenvalue weighted by Crippen LogP contribution is 2.11. The lowest BCUT2D eigenvalue weighted by atomic mass is 10.1. The van der Waals surface area contributed by atoms with Crippen LogP contribution in [0.1, 0.15) is 19.0 Å². The van der Waals surface area contributed by atoms with E-state index in [2.05, 4.69) is 15.3 Å². The van der Waals surface area contributed by atoms with Gasteiger partial charge >= 0.3 is 0 Å². The van der Waals surface area contributed by atoms with Gasteiger partial charge in [0, 0.05) is 11.6 Å². The number of anilines is 1. The summed E-state index contributed by atoms with van der Waals surface area (Å²) in [4.78, 5) is 19.6. The van der Waals surface area contributed by atoms with Crippen LogP contribution in [0.2, 0.25) is 5.15 Å². The predicted molar refractivity (Wildman–Crippen MR) is 63.2 cm³/mol. The quantitative estimate of drug-likeness (QED) is 0.782. The van der Waals surface area contributed by atoms with Crippen LogP contribution in [0.3, 0.4) is 0 Å². The van der Waals surface area contributed by atoms with Crippen LogP contribution in [0.15, 0.2) is 6.07 Å². The average molecular weight is 243 g/mol. The van der Waals surface area contributed by atoms with Gasteiger partial charge in [0.05, 0.1) is 0 Å². The van der Waals surface area contributed by atoms with Crippen LogP contribution in [0.4, 0.5) is 5.95 Å². The van der Waals surface area contributed by atoms with E-state index in [-0.39, 0.29) is 17.8 Å². The van der Waals surface area contributed by atoms with Crippen molar-refractivity contribution in [1.29, 1.82) is 0 Å². The van der Waals surface area contributed by atoms with E-state index in [0.29, 0.717) is 23.8 Å². The van der Waals surface area contributed by atoms with Crippen molar-refractivity contribution in [3.8, 4) is 0 Å². The molecule has 0 radical (unpaired) electrons. The minimum Gasteiger partial charge on any atom is -0.330 e. The van der Waals surface area contributed by atoms with E-state index in [1.807, 2.05) is 0 Å². The molecule has 1 aromatic rings. The molecule has 1 amide bonds. The molecule has 0 bridgehead atoms. The van der Waals surface area contributed by atoms with Gasteiger partial charge in [0.2, 0.25) is 11.9 Å². The number of nitrogens with zero attached hydrogens (tertiary/aromatic N) is 2. The highest BCUT2D eigenvalue weighted by Gasteiger charge is 2.13. The Kier molecular flexibility index (Phi) is 4.64. The Morgan fingerprint density at radius 2 is 2.31 bits per heavy atom. The average Bonchev–Trinajstić information content (AvgIpc) is 2.16. The zero-order valence-electron chi connectivity index (χ0n) is 9.33. The van der Waals surface area contributed by atoms with Crippen LogP contribution in [0, 0.1) is 12.8 Å². The number of rotatable bonds is 4. The van der Waals surface area contributed by atoms with E-state index in [4.69, 9.17) is 17.3 Å². The van der Waals surface area contributed by atoms with Crippen molar-refractivity contribution in [2.24, 2.45) is 11.7 Å². The lowest BCUT2D eigenvalue weighted by molar-refractivity contribution is -0.119. The fraction of sp³-hybridized carbons (Fsp3) is 0.500. The summed E-state index contributed by atoms with van der Waals surface area (Å²) < 4.78 is 0. The largest absolute Gasteiger partial charge is 0.330 e. The van der Waals surface area contributed by atoms with Gasteiger partial charge in [-0.2, -0.15) is 0 Å². The molecule has 0 saturated heterocycles. The second kappa shape index (κ2) is 5.77. The number of nitrogens with two attached hydrogens (primary N) is 1. The maximum absolute atomic E-state index is 11.6. The van der Waals surface area contributed by atoms with Crippen LogP contribution in [0.5, 0.6) is 0 Å². The monoisotopic (exact) mass is 242 g/mol. The molecule has 3 N–H and O–H groups in total. The molecule has 6 heteroatoms. The SMILES string of the molecule is Cc1cc(Cl)nc(NC(=O)C(C)CCN)n1. The molecule has 0 fully saturated rings. The van der Waals surface area contributed by atoms with Gasteiger partial charge in [-0.05, 0) is 26.0 Å². The van der Waals surface area contributed by atoms with E-state index in [0.717, 1.165) is 0 Å². The predicted octanol–water partition coefficient (Wildman–Crippen LogP) is 1.36. The number of carbonyl (C=O) groups is 1. The highest BCUT2D eigenvalue weighted by molar-refractivity contribution is 6.29. The molecule has 1 aromatic heterocycles. The molecule has 88 valence electrons. The first-order valence-electron chi connectivity index (χ1n) is 5.05. The minimum atomic E-state index is -0.159. The van der Waals surface area contributed by atoms with Crippen molar-refractivity contribution in [2.75, 3.05) is 11.9 Å². The third kappa shape index (κ3) is 3.75. The zero-order valence-corrected chi connectivity index (χ0v) is 10.1. The first-order valence-corrected chi connectivity index (χ1v) is 5.43. The molecule has 0 aliphatic carbocycles. The number of aromatic nitrogens is 2. The van der Waals surface area contributed by atoms with Crippen LogP contribution < -0.4 is 11.1 Å². The van der Waals surface area contributed by atoms with Crippen molar-refractivity contribution in [3.05, 3.63) is 16.9 Å². The van der Waals surface area contributed by atoms with Gasteiger partial charge in [-0.3, -0.25) is 10.1 Å². The molecule has 1 unspecified atom stereocenters. The molecule has 1 atom stereocenters. The molecule has 0 aliphatic heterocycles. The second-order valence-corrected chi connectivity index (χ2v) is 4.01. The summed E-state index contributed by atoms with van der Waals surface area (Å²) in [5, 5.41) is 2.92. The summed E-state index contributed by atoms with van der Waals surface area (Å²) in [6, 6.07) is 1.63. The Balaban J connectivity index is 2.69. The summed E-state index contributed by atoms with van der Waals surface area (Å²) in [7, 11) is 0.